The highest BCUT2D eigenvalue weighted by Gasteiger charge is 2.54. The average molecular weight is 321 g/mol. The van der Waals surface area contributed by atoms with Gasteiger partial charge in [0.2, 0.25) is 17.7 Å². The molecule has 3 aliphatic carbocycles. The fourth-order valence-corrected chi connectivity index (χ4v) is 4.35. The van der Waals surface area contributed by atoms with Gasteiger partial charge in [0.15, 0.2) is 0 Å². The number of amides is 3. The zero-order valence-electron chi connectivity index (χ0n) is 14.2. The van der Waals surface area contributed by atoms with Gasteiger partial charge in [-0.05, 0) is 38.5 Å². The van der Waals surface area contributed by atoms with Gasteiger partial charge in [-0.2, -0.15) is 0 Å². The Morgan fingerprint density at radius 1 is 1.09 bits per heavy atom. The Morgan fingerprint density at radius 3 is 2.22 bits per heavy atom. The smallest absolute Gasteiger partial charge is 0.241 e. The van der Waals surface area contributed by atoms with E-state index < -0.39 is 0 Å². The zero-order valence-corrected chi connectivity index (χ0v) is 14.2. The van der Waals surface area contributed by atoms with Crippen molar-refractivity contribution in [2.45, 2.75) is 57.4 Å². The highest BCUT2D eigenvalue weighted by atomic mass is 16.2. The molecule has 1 aliphatic heterocycles. The van der Waals surface area contributed by atoms with Crippen LogP contribution in [0, 0.1) is 5.41 Å². The molecule has 1 N–H and O–H groups in total. The summed E-state index contributed by atoms with van der Waals surface area (Å²) in [5.74, 6) is 0.293. The van der Waals surface area contributed by atoms with Crippen LogP contribution in [-0.2, 0) is 14.4 Å². The standard InChI is InChI=1S/C17H27N3O3/c1-3-13(21)18-17-7-4-16(5-8-17,6-9-17)15(23)20-11-10-19(2)14(22)12-20/h3-12H2,1-2H3,(H,18,21). The van der Waals surface area contributed by atoms with E-state index in [9.17, 15) is 14.4 Å². The minimum absolute atomic E-state index is 0.0252. The van der Waals surface area contributed by atoms with Crippen molar-refractivity contribution in [2.75, 3.05) is 26.7 Å². The van der Waals surface area contributed by atoms with Crippen LogP contribution in [0.5, 0.6) is 0 Å². The Bertz CT molecular complexity index is 507. The second kappa shape index (κ2) is 5.80. The summed E-state index contributed by atoms with van der Waals surface area (Å²) in [5, 5.41) is 3.19. The van der Waals surface area contributed by atoms with E-state index in [2.05, 4.69) is 5.32 Å². The van der Waals surface area contributed by atoms with Gasteiger partial charge in [-0.25, -0.2) is 0 Å². The molecule has 4 fully saturated rings. The number of fused-ring (bicyclic) bond motifs is 3. The van der Waals surface area contributed by atoms with Crippen LogP contribution in [0.1, 0.15) is 51.9 Å². The summed E-state index contributed by atoms with van der Waals surface area (Å²) in [6.45, 7) is 3.35. The first-order chi connectivity index (χ1) is 10.9. The molecule has 3 saturated carbocycles. The van der Waals surface area contributed by atoms with Crippen LogP contribution < -0.4 is 5.32 Å². The van der Waals surface area contributed by atoms with Crippen LogP contribution >= 0.6 is 0 Å². The van der Waals surface area contributed by atoms with Gasteiger partial charge in [0.1, 0.15) is 0 Å². The molecule has 4 rings (SSSR count). The van der Waals surface area contributed by atoms with Crippen molar-refractivity contribution >= 4 is 17.7 Å². The van der Waals surface area contributed by atoms with Crippen molar-refractivity contribution in [3.63, 3.8) is 0 Å². The fraction of sp³-hybridized carbons (Fsp3) is 0.824. The lowest BCUT2D eigenvalue weighted by molar-refractivity contribution is -0.157. The van der Waals surface area contributed by atoms with Crippen LogP contribution in [0.2, 0.25) is 0 Å². The number of hydrogen-bond donors (Lipinski definition) is 1. The SMILES string of the molecule is CCC(=O)NC12CCC(C(=O)N3CCN(C)C(=O)C3)(CC1)CC2. The molecule has 0 aromatic rings. The zero-order chi connectivity index (χ0) is 16.7. The molecule has 3 amide bonds. The Hall–Kier alpha value is -1.59. The van der Waals surface area contributed by atoms with Gasteiger partial charge >= 0.3 is 0 Å². The van der Waals surface area contributed by atoms with Crippen molar-refractivity contribution < 1.29 is 14.4 Å². The molecule has 0 spiro atoms. The van der Waals surface area contributed by atoms with Crippen molar-refractivity contribution in [1.82, 2.24) is 15.1 Å². The third kappa shape index (κ3) is 2.83. The number of likely N-dealkylation sites (N-methyl/N-ethyl adjacent to an activating group) is 1. The lowest BCUT2D eigenvalue weighted by Gasteiger charge is -2.54. The fourth-order valence-electron chi connectivity index (χ4n) is 4.35. The molecule has 0 atom stereocenters. The van der Waals surface area contributed by atoms with Crippen molar-refractivity contribution in [3.8, 4) is 0 Å². The summed E-state index contributed by atoms with van der Waals surface area (Å²) in [5.41, 5.74) is -0.387. The molecule has 4 aliphatic rings. The highest BCUT2D eigenvalue weighted by Crippen LogP contribution is 2.53. The molecule has 0 aromatic heterocycles. The minimum Gasteiger partial charge on any atom is -0.351 e. The highest BCUT2D eigenvalue weighted by molar-refractivity contribution is 5.89. The van der Waals surface area contributed by atoms with E-state index in [0.717, 1.165) is 38.5 Å². The molecule has 0 unspecified atom stereocenters. The van der Waals surface area contributed by atoms with Gasteiger partial charge in [0.25, 0.3) is 0 Å². The molecule has 128 valence electrons. The van der Waals surface area contributed by atoms with E-state index in [-0.39, 0.29) is 35.2 Å². The number of nitrogens with zero attached hydrogens (tertiary/aromatic N) is 2. The number of carbonyl (C=O) groups is 3. The monoisotopic (exact) mass is 321 g/mol. The number of nitrogens with one attached hydrogen (secondary N) is 1. The van der Waals surface area contributed by atoms with Gasteiger partial charge in [-0.1, -0.05) is 6.92 Å². The molecular formula is C17H27N3O3. The molecule has 6 heteroatoms. The topological polar surface area (TPSA) is 69.7 Å². The molecule has 6 nitrogen and oxygen atoms in total. The normalized spacial score (nSPS) is 33.7. The van der Waals surface area contributed by atoms with E-state index >= 15 is 0 Å². The second-order valence-corrected chi connectivity index (χ2v) is 7.50. The van der Waals surface area contributed by atoms with Crippen LogP contribution in [-0.4, -0.2) is 59.7 Å². The number of rotatable bonds is 3. The molecule has 1 heterocycles. The first-order valence-electron chi connectivity index (χ1n) is 8.74. The van der Waals surface area contributed by atoms with Crippen LogP contribution in [0.3, 0.4) is 0 Å². The van der Waals surface area contributed by atoms with Gasteiger partial charge in [-0.15, -0.1) is 0 Å². The molecule has 0 radical (unpaired) electrons. The Labute approximate surface area is 137 Å². The van der Waals surface area contributed by atoms with Crippen molar-refractivity contribution in [2.24, 2.45) is 5.41 Å². The van der Waals surface area contributed by atoms with Crippen molar-refractivity contribution in [3.05, 3.63) is 0 Å². The largest absolute Gasteiger partial charge is 0.351 e. The average Bonchev–Trinajstić information content (AvgIpc) is 2.58. The van der Waals surface area contributed by atoms with Gasteiger partial charge in [-0.3, -0.25) is 14.4 Å². The van der Waals surface area contributed by atoms with Crippen LogP contribution in [0.15, 0.2) is 0 Å². The molecular weight excluding hydrogens is 294 g/mol. The molecule has 1 saturated heterocycles. The third-order valence-electron chi connectivity index (χ3n) is 6.17. The van der Waals surface area contributed by atoms with Gasteiger partial charge in [0.05, 0.1) is 6.54 Å². The summed E-state index contributed by atoms with van der Waals surface area (Å²) in [7, 11) is 1.79. The first-order valence-corrected chi connectivity index (χ1v) is 8.74. The summed E-state index contributed by atoms with van der Waals surface area (Å²) in [6, 6.07) is 0. The third-order valence-corrected chi connectivity index (χ3v) is 6.17. The lowest BCUT2D eigenvalue weighted by Crippen LogP contribution is -2.61. The van der Waals surface area contributed by atoms with Gasteiger partial charge in [0, 0.05) is 37.5 Å². The summed E-state index contributed by atoms with van der Waals surface area (Å²) < 4.78 is 0. The molecule has 0 aromatic carbocycles. The maximum atomic E-state index is 13.0. The minimum atomic E-state index is -0.297. The Morgan fingerprint density at radius 2 is 1.70 bits per heavy atom. The predicted molar refractivity (Wildman–Crippen MR) is 85.5 cm³/mol. The maximum absolute atomic E-state index is 13.0. The second-order valence-electron chi connectivity index (χ2n) is 7.50. The van der Waals surface area contributed by atoms with E-state index in [1.807, 2.05) is 6.92 Å². The van der Waals surface area contributed by atoms with E-state index in [1.54, 1.807) is 16.8 Å². The molecule has 2 bridgehead atoms. The number of piperazine rings is 1. The Kier molecular flexibility index (Phi) is 4.10. The van der Waals surface area contributed by atoms with Crippen molar-refractivity contribution in [1.29, 1.82) is 0 Å². The maximum Gasteiger partial charge on any atom is 0.241 e. The lowest BCUT2D eigenvalue weighted by atomic mass is 9.56. The Balaban J connectivity index is 1.66. The van der Waals surface area contributed by atoms with E-state index in [4.69, 9.17) is 0 Å². The first kappa shape index (κ1) is 16.3. The summed E-state index contributed by atoms with van der Waals surface area (Å²) in [4.78, 5) is 40.1. The predicted octanol–water partition coefficient (Wildman–Crippen LogP) is 0.906. The summed E-state index contributed by atoms with van der Waals surface area (Å²) >= 11 is 0. The summed E-state index contributed by atoms with van der Waals surface area (Å²) in [6.07, 6.45) is 5.64. The molecule has 23 heavy (non-hydrogen) atoms. The van der Waals surface area contributed by atoms with Gasteiger partial charge < -0.3 is 15.1 Å². The quantitative estimate of drug-likeness (QED) is 0.840. The van der Waals surface area contributed by atoms with Crippen LogP contribution in [0.25, 0.3) is 0 Å². The number of hydrogen-bond acceptors (Lipinski definition) is 3. The van der Waals surface area contributed by atoms with E-state index in [1.165, 1.54) is 0 Å². The van der Waals surface area contributed by atoms with E-state index in [0.29, 0.717) is 19.5 Å². The number of carbonyl (C=O) groups excluding carboxylic acids is 3. The van der Waals surface area contributed by atoms with Crippen LogP contribution in [0.4, 0.5) is 0 Å².